The molecular formula is C16H15N5O3. The second-order valence-electron chi connectivity index (χ2n) is 5.29. The topological polar surface area (TPSA) is 96.0 Å². The molecule has 0 amide bonds. The van der Waals surface area contributed by atoms with Crippen LogP contribution in [0.3, 0.4) is 0 Å². The molecule has 0 unspecified atom stereocenters. The van der Waals surface area contributed by atoms with Gasteiger partial charge in [0.2, 0.25) is 0 Å². The molecule has 0 fully saturated rings. The Kier molecular flexibility index (Phi) is 4.19. The molecule has 0 atom stereocenters. The zero-order valence-corrected chi connectivity index (χ0v) is 13.2. The first-order valence-corrected chi connectivity index (χ1v) is 7.27. The van der Waals surface area contributed by atoms with Crippen molar-refractivity contribution in [2.45, 2.75) is 20.5 Å². The highest BCUT2D eigenvalue weighted by molar-refractivity contribution is 5.46. The quantitative estimate of drug-likeness (QED) is 0.528. The molecule has 0 N–H and O–H groups in total. The Morgan fingerprint density at radius 2 is 1.79 bits per heavy atom. The molecule has 0 radical (unpaired) electrons. The molecule has 1 aromatic heterocycles. The summed E-state index contributed by atoms with van der Waals surface area (Å²) in [5.74, 6) is 1.06. The predicted molar refractivity (Wildman–Crippen MR) is 86.1 cm³/mol. The van der Waals surface area contributed by atoms with Crippen LogP contribution in [0, 0.1) is 24.0 Å². The number of para-hydroxylation sites is 1. The third-order valence-electron chi connectivity index (χ3n) is 3.60. The maximum atomic E-state index is 10.7. The van der Waals surface area contributed by atoms with Crippen molar-refractivity contribution >= 4 is 5.69 Å². The van der Waals surface area contributed by atoms with E-state index in [0.29, 0.717) is 11.6 Å². The first-order chi connectivity index (χ1) is 11.6. The molecule has 0 aliphatic rings. The molecule has 8 heteroatoms. The Balaban J connectivity index is 1.80. The highest BCUT2D eigenvalue weighted by Gasteiger charge is 2.13. The van der Waals surface area contributed by atoms with Crippen molar-refractivity contribution < 1.29 is 9.66 Å². The van der Waals surface area contributed by atoms with Gasteiger partial charge in [0.25, 0.3) is 5.69 Å². The number of nitrogens with zero attached hydrogens (tertiary/aromatic N) is 5. The summed E-state index contributed by atoms with van der Waals surface area (Å²) >= 11 is 0. The Morgan fingerprint density at radius 3 is 2.42 bits per heavy atom. The average Bonchev–Trinajstić information content (AvgIpc) is 3.01. The SMILES string of the molecule is Cc1cccc(C)c1-n1nnnc1COc1ccc([N+](=O)[O-])cc1. The van der Waals surface area contributed by atoms with Gasteiger partial charge in [-0.15, -0.1) is 5.10 Å². The van der Waals surface area contributed by atoms with Gasteiger partial charge in [-0.1, -0.05) is 18.2 Å². The van der Waals surface area contributed by atoms with Crippen molar-refractivity contribution in [3.8, 4) is 11.4 Å². The van der Waals surface area contributed by atoms with E-state index in [-0.39, 0.29) is 12.3 Å². The number of nitro benzene ring substituents is 1. The maximum Gasteiger partial charge on any atom is 0.269 e. The Morgan fingerprint density at radius 1 is 1.12 bits per heavy atom. The Labute approximate surface area is 137 Å². The van der Waals surface area contributed by atoms with Crippen LogP contribution in [-0.2, 0) is 6.61 Å². The van der Waals surface area contributed by atoms with Gasteiger partial charge < -0.3 is 4.74 Å². The summed E-state index contributed by atoms with van der Waals surface area (Å²) in [6.45, 7) is 4.13. The van der Waals surface area contributed by atoms with Crippen molar-refractivity contribution in [1.82, 2.24) is 20.2 Å². The standard InChI is InChI=1S/C16H15N5O3/c1-11-4-3-5-12(2)16(11)20-15(17-18-19-20)10-24-14-8-6-13(7-9-14)21(22)23/h3-9H,10H2,1-2H3. The van der Waals surface area contributed by atoms with Gasteiger partial charge in [-0.25, -0.2) is 0 Å². The minimum absolute atomic E-state index is 0.0164. The van der Waals surface area contributed by atoms with Gasteiger partial charge in [-0.3, -0.25) is 10.1 Å². The van der Waals surface area contributed by atoms with Gasteiger partial charge in [0, 0.05) is 12.1 Å². The molecule has 0 saturated heterocycles. The lowest BCUT2D eigenvalue weighted by molar-refractivity contribution is -0.384. The molecule has 0 aliphatic heterocycles. The Bertz CT molecular complexity index is 853. The van der Waals surface area contributed by atoms with E-state index in [0.717, 1.165) is 16.8 Å². The second-order valence-corrected chi connectivity index (χ2v) is 5.29. The first kappa shape index (κ1) is 15.6. The summed E-state index contributed by atoms with van der Waals surface area (Å²) in [6, 6.07) is 11.8. The fourth-order valence-electron chi connectivity index (χ4n) is 2.42. The molecule has 24 heavy (non-hydrogen) atoms. The zero-order chi connectivity index (χ0) is 17.1. The third kappa shape index (κ3) is 3.07. The van der Waals surface area contributed by atoms with Crippen molar-refractivity contribution in [3.05, 3.63) is 69.5 Å². The van der Waals surface area contributed by atoms with Crippen LogP contribution in [-0.4, -0.2) is 25.1 Å². The lowest BCUT2D eigenvalue weighted by atomic mass is 10.1. The summed E-state index contributed by atoms with van der Waals surface area (Å²) in [7, 11) is 0. The Hall–Kier alpha value is -3.29. The number of benzene rings is 2. The number of hydrogen-bond donors (Lipinski definition) is 0. The van der Waals surface area contributed by atoms with E-state index in [1.807, 2.05) is 32.0 Å². The number of aromatic nitrogens is 4. The highest BCUT2D eigenvalue weighted by atomic mass is 16.6. The number of ether oxygens (including phenoxy) is 1. The minimum atomic E-state index is -0.453. The van der Waals surface area contributed by atoms with Crippen LogP contribution in [0.25, 0.3) is 5.69 Å². The van der Waals surface area contributed by atoms with Crippen LogP contribution >= 0.6 is 0 Å². The van der Waals surface area contributed by atoms with E-state index >= 15 is 0 Å². The van der Waals surface area contributed by atoms with Gasteiger partial charge in [-0.05, 0) is 47.5 Å². The lowest BCUT2D eigenvalue weighted by Gasteiger charge is -2.11. The van der Waals surface area contributed by atoms with Crippen LogP contribution in [0.5, 0.6) is 5.75 Å². The number of non-ortho nitro benzene ring substituents is 1. The molecule has 0 spiro atoms. The fraction of sp³-hybridized carbons (Fsp3) is 0.188. The van der Waals surface area contributed by atoms with E-state index in [2.05, 4.69) is 15.5 Å². The smallest absolute Gasteiger partial charge is 0.269 e. The maximum absolute atomic E-state index is 10.7. The lowest BCUT2D eigenvalue weighted by Crippen LogP contribution is -2.09. The number of hydrogen-bond acceptors (Lipinski definition) is 6. The van der Waals surface area contributed by atoms with E-state index in [1.165, 1.54) is 12.1 Å². The van der Waals surface area contributed by atoms with Gasteiger partial charge >= 0.3 is 0 Å². The second kappa shape index (κ2) is 6.45. The van der Waals surface area contributed by atoms with Crippen LogP contribution in [0.2, 0.25) is 0 Å². The van der Waals surface area contributed by atoms with E-state index in [1.54, 1.807) is 16.8 Å². The van der Waals surface area contributed by atoms with E-state index in [9.17, 15) is 10.1 Å². The monoisotopic (exact) mass is 325 g/mol. The molecule has 3 aromatic rings. The third-order valence-corrected chi connectivity index (χ3v) is 3.60. The highest BCUT2D eigenvalue weighted by Crippen LogP contribution is 2.21. The summed E-state index contributed by atoms with van der Waals surface area (Å²) in [5, 5.41) is 22.4. The molecule has 1 heterocycles. The van der Waals surface area contributed by atoms with Crippen molar-refractivity contribution in [2.75, 3.05) is 0 Å². The fourth-order valence-corrected chi connectivity index (χ4v) is 2.42. The number of nitro groups is 1. The summed E-state index contributed by atoms with van der Waals surface area (Å²) in [4.78, 5) is 10.2. The summed E-state index contributed by atoms with van der Waals surface area (Å²) < 4.78 is 7.29. The van der Waals surface area contributed by atoms with Crippen molar-refractivity contribution in [3.63, 3.8) is 0 Å². The molecule has 2 aromatic carbocycles. The molecule has 0 bridgehead atoms. The van der Waals surface area contributed by atoms with E-state index < -0.39 is 4.92 Å². The molecule has 0 saturated carbocycles. The first-order valence-electron chi connectivity index (χ1n) is 7.27. The molecule has 0 aliphatic carbocycles. The normalized spacial score (nSPS) is 10.6. The molecule has 8 nitrogen and oxygen atoms in total. The largest absolute Gasteiger partial charge is 0.486 e. The van der Waals surface area contributed by atoms with Crippen LogP contribution in [0.1, 0.15) is 17.0 Å². The molecule has 122 valence electrons. The average molecular weight is 325 g/mol. The number of rotatable bonds is 5. The van der Waals surface area contributed by atoms with Crippen molar-refractivity contribution in [1.29, 1.82) is 0 Å². The number of aryl methyl sites for hydroxylation is 2. The van der Waals surface area contributed by atoms with Crippen LogP contribution in [0.4, 0.5) is 5.69 Å². The summed E-state index contributed by atoms with van der Waals surface area (Å²) in [5.41, 5.74) is 3.05. The summed E-state index contributed by atoms with van der Waals surface area (Å²) in [6.07, 6.45) is 0. The van der Waals surface area contributed by atoms with Gasteiger partial charge in [-0.2, -0.15) is 4.68 Å². The van der Waals surface area contributed by atoms with Crippen LogP contribution < -0.4 is 4.74 Å². The number of tetrazole rings is 1. The minimum Gasteiger partial charge on any atom is -0.486 e. The van der Waals surface area contributed by atoms with Gasteiger partial charge in [0.05, 0.1) is 10.6 Å². The zero-order valence-electron chi connectivity index (χ0n) is 13.2. The van der Waals surface area contributed by atoms with E-state index in [4.69, 9.17) is 4.74 Å². The molecular weight excluding hydrogens is 310 g/mol. The van der Waals surface area contributed by atoms with Crippen LogP contribution in [0.15, 0.2) is 42.5 Å². The predicted octanol–water partition coefficient (Wildman–Crippen LogP) is 2.77. The van der Waals surface area contributed by atoms with Crippen molar-refractivity contribution in [2.24, 2.45) is 0 Å². The van der Waals surface area contributed by atoms with Gasteiger partial charge in [0.1, 0.15) is 12.4 Å². The molecule has 3 rings (SSSR count). The van der Waals surface area contributed by atoms with Gasteiger partial charge in [0.15, 0.2) is 5.82 Å².